The van der Waals surface area contributed by atoms with Gasteiger partial charge in [0.1, 0.15) is 0 Å². The second kappa shape index (κ2) is 5.99. The summed E-state index contributed by atoms with van der Waals surface area (Å²) in [7, 11) is 0. The van der Waals surface area contributed by atoms with Crippen molar-refractivity contribution in [2.75, 3.05) is 6.54 Å². The van der Waals surface area contributed by atoms with Crippen molar-refractivity contribution in [3.63, 3.8) is 0 Å². The van der Waals surface area contributed by atoms with Crippen LogP contribution in [0.5, 0.6) is 0 Å². The number of carbonyl (C=O) groups excluding carboxylic acids is 1. The molecule has 0 saturated carbocycles. The lowest BCUT2D eigenvalue weighted by atomic mass is 10.1. The number of aromatic nitrogens is 1. The fourth-order valence-electron chi connectivity index (χ4n) is 1.46. The molecule has 1 N–H and O–H groups in total. The van der Waals surface area contributed by atoms with Crippen molar-refractivity contribution in [3.05, 3.63) is 15.6 Å². The van der Waals surface area contributed by atoms with Crippen molar-refractivity contribution < 1.29 is 4.79 Å². The van der Waals surface area contributed by atoms with Crippen LogP contribution in [0.1, 0.15) is 35.8 Å². The molecule has 16 heavy (non-hydrogen) atoms. The SMILES string of the molecule is CCC(C)C(=O)NCCc1sc(C)nc1C. The third kappa shape index (κ3) is 3.59. The zero-order valence-corrected chi connectivity index (χ0v) is 11.3. The van der Waals surface area contributed by atoms with Crippen molar-refractivity contribution in [2.45, 2.75) is 40.5 Å². The summed E-state index contributed by atoms with van der Waals surface area (Å²) in [5, 5.41) is 4.06. The van der Waals surface area contributed by atoms with E-state index >= 15 is 0 Å². The van der Waals surface area contributed by atoms with Gasteiger partial charge in [-0.25, -0.2) is 4.98 Å². The summed E-state index contributed by atoms with van der Waals surface area (Å²) in [5.74, 6) is 0.269. The Labute approximate surface area is 101 Å². The smallest absolute Gasteiger partial charge is 0.222 e. The lowest BCUT2D eigenvalue weighted by Crippen LogP contribution is -2.30. The van der Waals surface area contributed by atoms with Crippen LogP contribution < -0.4 is 5.32 Å². The van der Waals surface area contributed by atoms with Crippen LogP contribution in [-0.2, 0) is 11.2 Å². The normalized spacial score (nSPS) is 12.5. The minimum atomic E-state index is 0.115. The van der Waals surface area contributed by atoms with Gasteiger partial charge in [-0.1, -0.05) is 13.8 Å². The molecule has 1 amide bonds. The first-order chi connectivity index (χ1) is 7.54. The van der Waals surface area contributed by atoms with E-state index in [-0.39, 0.29) is 11.8 Å². The molecule has 0 spiro atoms. The van der Waals surface area contributed by atoms with Gasteiger partial charge in [-0.2, -0.15) is 0 Å². The number of hydrogen-bond acceptors (Lipinski definition) is 3. The highest BCUT2D eigenvalue weighted by Crippen LogP contribution is 2.17. The summed E-state index contributed by atoms with van der Waals surface area (Å²) in [6, 6.07) is 0. The first-order valence-corrected chi connectivity index (χ1v) is 6.56. The number of rotatable bonds is 5. The maximum atomic E-state index is 11.5. The highest BCUT2D eigenvalue weighted by molar-refractivity contribution is 7.11. The third-order valence-electron chi connectivity index (χ3n) is 2.71. The molecule has 0 bridgehead atoms. The van der Waals surface area contributed by atoms with E-state index in [2.05, 4.69) is 10.3 Å². The number of nitrogens with zero attached hydrogens (tertiary/aromatic N) is 1. The second-order valence-electron chi connectivity index (χ2n) is 4.09. The minimum absolute atomic E-state index is 0.115. The number of nitrogens with one attached hydrogen (secondary N) is 1. The molecule has 0 aliphatic rings. The number of carbonyl (C=O) groups is 1. The fourth-order valence-corrected chi connectivity index (χ4v) is 2.40. The first-order valence-electron chi connectivity index (χ1n) is 5.75. The van der Waals surface area contributed by atoms with E-state index in [0.29, 0.717) is 6.54 Å². The highest BCUT2D eigenvalue weighted by Gasteiger charge is 2.10. The van der Waals surface area contributed by atoms with E-state index < -0.39 is 0 Å². The van der Waals surface area contributed by atoms with Gasteiger partial charge >= 0.3 is 0 Å². The molecule has 4 heteroatoms. The fraction of sp³-hybridized carbons (Fsp3) is 0.667. The summed E-state index contributed by atoms with van der Waals surface area (Å²) < 4.78 is 0. The van der Waals surface area contributed by atoms with Crippen LogP contribution in [0, 0.1) is 19.8 Å². The van der Waals surface area contributed by atoms with E-state index in [4.69, 9.17) is 0 Å². The number of thiazole rings is 1. The Morgan fingerprint density at radius 3 is 2.69 bits per heavy atom. The van der Waals surface area contributed by atoms with E-state index in [1.54, 1.807) is 11.3 Å². The molecule has 1 unspecified atom stereocenters. The minimum Gasteiger partial charge on any atom is -0.356 e. The molecule has 3 nitrogen and oxygen atoms in total. The summed E-state index contributed by atoms with van der Waals surface area (Å²) in [5.41, 5.74) is 1.10. The van der Waals surface area contributed by atoms with E-state index in [1.165, 1.54) is 4.88 Å². The molecule has 0 aliphatic heterocycles. The molecule has 1 aromatic rings. The van der Waals surface area contributed by atoms with Gasteiger partial charge < -0.3 is 5.32 Å². The Kier molecular flexibility index (Phi) is 4.93. The van der Waals surface area contributed by atoms with Gasteiger partial charge in [0.2, 0.25) is 5.91 Å². The Morgan fingerprint density at radius 1 is 1.50 bits per heavy atom. The molecular weight excluding hydrogens is 220 g/mol. The molecular formula is C12H20N2OS. The van der Waals surface area contributed by atoms with Crippen molar-refractivity contribution in [2.24, 2.45) is 5.92 Å². The monoisotopic (exact) mass is 240 g/mol. The Morgan fingerprint density at radius 2 is 2.19 bits per heavy atom. The molecule has 1 atom stereocenters. The Bertz CT molecular complexity index is 360. The quantitative estimate of drug-likeness (QED) is 0.859. The first kappa shape index (κ1) is 13.2. The van der Waals surface area contributed by atoms with Crippen LogP contribution in [0.2, 0.25) is 0 Å². The predicted molar refractivity (Wildman–Crippen MR) is 67.8 cm³/mol. The topological polar surface area (TPSA) is 42.0 Å². The van der Waals surface area contributed by atoms with Gasteiger partial charge in [0, 0.05) is 23.8 Å². The van der Waals surface area contributed by atoms with Crippen LogP contribution in [0.25, 0.3) is 0 Å². The molecule has 1 rings (SSSR count). The van der Waals surface area contributed by atoms with Crippen molar-refractivity contribution in [3.8, 4) is 0 Å². The van der Waals surface area contributed by atoms with Gasteiger partial charge in [-0.05, 0) is 20.3 Å². The molecule has 90 valence electrons. The Balaban J connectivity index is 2.36. The third-order valence-corrected chi connectivity index (χ3v) is 3.84. The molecule has 1 aromatic heterocycles. The average molecular weight is 240 g/mol. The van der Waals surface area contributed by atoms with Crippen molar-refractivity contribution in [1.29, 1.82) is 0 Å². The van der Waals surface area contributed by atoms with Crippen LogP contribution >= 0.6 is 11.3 Å². The van der Waals surface area contributed by atoms with Gasteiger partial charge in [0.15, 0.2) is 0 Å². The van der Waals surface area contributed by atoms with Crippen LogP contribution in [-0.4, -0.2) is 17.4 Å². The number of amides is 1. The van der Waals surface area contributed by atoms with Gasteiger partial charge in [0.25, 0.3) is 0 Å². The highest BCUT2D eigenvalue weighted by atomic mass is 32.1. The maximum absolute atomic E-state index is 11.5. The predicted octanol–water partition coefficient (Wildman–Crippen LogP) is 2.46. The summed E-state index contributed by atoms with van der Waals surface area (Å²) in [6.07, 6.45) is 1.78. The molecule has 1 heterocycles. The van der Waals surface area contributed by atoms with E-state index in [0.717, 1.165) is 23.5 Å². The van der Waals surface area contributed by atoms with Crippen LogP contribution in [0.3, 0.4) is 0 Å². The largest absolute Gasteiger partial charge is 0.356 e. The standard InChI is InChI=1S/C12H20N2OS/c1-5-8(2)12(15)13-7-6-11-9(3)14-10(4)16-11/h8H,5-7H2,1-4H3,(H,13,15). The Hall–Kier alpha value is -0.900. The van der Waals surface area contributed by atoms with Crippen molar-refractivity contribution in [1.82, 2.24) is 10.3 Å². The second-order valence-corrected chi connectivity index (χ2v) is 5.38. The number of aryl methyl sites for hydroxylation is 2. The van der Waals surface area contributed by atoms with Gasteiger partial charge in [-0.15, -0.1) is 11.3 Å². The van der Waals surface area contributed by atoms with Crippen molar-refractivity contribution >= 4 is 17.2 Å². The maximum Gasteiger partial charge on any atom is 0.222 e. The van der Waals surface area contributed by atoms with Gasteiger partial charge in [-0.3, -0.25) is 4.79 Å². The average Bonchev–Trinajstić information content (AvgIpc) is 2.56. The lowest BCUT2D eigenvalue weighted by Gasteiger charge is -2.09. The molecule has 0 aromatic carbocycles. The molecule has 0 radical (unpaired) electrons. The molecule has 0 aliphatic carbocycles. The zero-order valence-electron chi connectivity index (χ0n) is 10.5. The zero-order chi connectivity index (χ0) is 12.1. The van der Waals surface area contributed by atoms with Crippen LogP contribution in [0.15, 0.2) is 0 Å². The van der Waals surface area contributed by atoms with E-state index in [9.17, 15) is 4.79 Å². The molecule has 0 saturated heterocycles. The summed E-state index contributed by atoms with van der Waals surface area (Å²) >= 11 is 1.72. The van der Waals surface area contributed by atoms with Crippen LogP contribution in [0.4, 0.5) is 0 Å². The lowest BCUT2D eigenvalue weighted by molar-refractivity contribution is -0.124. The summed E-state index contributed by atoms with van der Waals surface area (Å²) in [4.78, 5) is 17.2. The molecule has 0 fully saturated rings. The summed E-state index contributed by atoms with van der Waals surface area (Å²) in [6.45, 7) is 8.73. The van der Waals surface area contributed by atoms with E-state index in [1.807, 2.05) is 27.7 Å². The van der Waals surface area contributed by atoms with Gasteiger partial charge in [0.05, 0.1) is 10.7 Å². The number of hydrogen-bond donors (Lipinski definition) is 1.